The lowest BCUT2D eigenvalue weighted by Gasteiger charge is -2.16. The maximum atomic E-state index is 13.1. The lowest BCUT2D eigenvalue weighted by atomic mass is 10.1. The quantitative estimate of drug-likeness (QED) is 0.921. The van der Waals surface area contributed by atoms with Crippen LogP contribution in [0.2, 0.25) is 0 Å². The summed E-state index contributed by atoms with van der Waals surface area (Å²) in [6.07, 6.45) is 2.44. The van der Waals surface area contributed by atoms with Crippen LogP contribution in [-0.4, -0.2) is 27.4 Å². The van der Waals surface area contributed by atoms with Crippen molar-refractivity contribution in [3.63, 3.8) is 0 Å². The Morgan fingerprint density at radius 2 is 2.40 bits per heavy atom. The van der Waals surface area contributed by atoms with Gasteiger partial charge in [0.15, 0.2) is 0 Å². The third-order valence-electron chi connectivity index (χ3n) is 3.55. The van der Waals surface area contributed by atoms with Crippen LogP contribution in [0.5, 0.6) is 5.75 Å². The minimum absolute atomic E-state index is 0.0301. The summed E-state index contributed by atoms with van der Waals surface area (Å²) < 4.78 is 20.8. The van der Waals surface area contributed by atoms with Crippen LogP contribution < -0.4 is 10.1 Å². The first-order chi connectivity index (χ1) is 9.63. The smallest absolute Gasteiger partial charge is 0.149 e. The zero-order valence-electron chi connectivity index (χ0n) is 11.5. The summed E-state index contributed by atoms with van der Waals surface area (Å²) >= 11 is 0. The summed E-state index contributed by atoms with van der Waals surface area (Å²) in [5.74, 6) is 1.45. The van der Waals surface area contributed by atoms with Crippen LogP contribution in [0.1, 0.15) is 24.4 Å². The van der Waals surface area contributed by atoms with Crippen LogP contribution in [0.3, 0.4) is 0 Å². The Labute approximate surface area is 116 Å². The van der Waals surface area contributed by atoms with E-state index in [-0.39, 0.29) is 18.0 Å². The van der Waals surface area contributed by atoms with Crippen LogP contribution in [0.25, 0.3) is 0 Å². The van der Waals surface area contributed by atoms with E-state index in [4.69, 9.17) is 4.74 Å². The standard InChI is InChI=1S/C14H17FN4O/c1-9(14-18-17-8-19(14)2)16-7-12-6-10-5-11(15)3-4-13(10)20-12/h3-5,8-9,12,16H,6-7H2,1-2H3. The van der Waals surface area contributed by atoms with E-state index in [1.807, 2.05) is 18.5 Å². The van der Waals surface area contributed by atoms with Gasteiger partial charge in [0.2, 0.25) is 0 Å². The number of aryl methyl sites for hydroxylation is 1. The maximum Gasteiger partial charge on any atom is 0.149 e. The summed E-state index contributed by atoms with van der Waals surface area (Å²) in [6, 6.07) is 4.75. The van der Waals surface area contributed by atoms with Crippen LogP contribution in [0.4, 0.5) is 4.39 Å². The third-order valence-corrected chi connectivity index (χ3v) is 3.55. The number of fused-ring (bicyclic) bond motifs is 1. The second-order valence-corrected chi connectivity index (χ2v) is 5.13. The van der Waals surface area contributed by atoms with Crippen molar-refractivity contribution in [3.05, 3.63) is 41.7 Å². The highest BCUT2D eigenvalue weighted by atomic mass is 19.1. The lowest BCUT2D eigenvalue weighted by Crippen LogP contribution is -2.32. The first-order valence-electron chi connectivity index (χ1n) is 6.66. The summed E-state index contributed by atoms with van der Waals surface area (Å²) in [4.78, 5) is 0. The van der Waals surface area contributed by atoms with E-state index >= 15 is 0 Å². The first-order valence-corrected chi connectivity index (χ1v) is 6.66. The molecule has 0 fully saturated rings. The van der Waals surface area contributed by atoms with E-state index in [2.05, 4.69) is 15.5 Å². The minimum Gasteiger partial charge on any atom is -0.488 e. The van der Waals surface area contributed by atoms with E-state index in [9.17, 15) is 4.39 Å². The molecule has 1 N–H and O–H groups in total. The fraction of sp³-hybridized carbons (Fsp3) is 0.429. The molecule has 2 aromatic rings. The average molecular weight is 276 g/mol. The molecular formula is C14H17FN4O. The van der Waals surface area contributed by atoms with E-state index in [1.54, 1.807) is 18.5 Å². The second-order valence-electron chi connectivity index (χ2n) is 5.13. The molecule has 0 saturated heterocycles. The third kappa shape index (κ3) is 2.51. The number of benzene rings is 1. The predicted molar refractivity (Wildman–Crippen MR) is 71.9 cm³/mol. The lowest BCUT2D eigenvalue weighted by molar-refractivity contribution is 0.221. The van der Waals surface area contributed by atoms with Gasteiger partial charge in [-0.2, -0.15) is 0 Å². The number of ether oxygens (including phenoxy) is 1. The van der Waals surface area contributed by atoms with Crippen LogP contribution >= 0.6 is 0 Å². The number of aromatic nitrogens is 3. The zero-order chi connectivity index (χ0) is 14.1. The van der Waals surface area contributed by atoms with Gasteiger partial charge >= 0.3 is 0 Å². The molecule has 5 nitrogen and oxygen atoms in total. The van der Waals surface area contributed by atoms with Crippen molar-refractivity contribution in [2.24, 2.45) is 7.05 Å². The molecule has 0 spiro atoms. The summed E-state index contributed by atoms with van der Waals surface area (Å²) in [7, 11) is 1.91. The molecular weight excluding hydrogens is 259 g/mol. The molecule has 0 saturated carbocycles. The Hall–Kier alpha value is -1.95. The molecule has 1 aliphatic heterocycles. The highest BCUT2D eigenvalue weighted by molar-refractivity contribution is 5.37. The zero-order valence-corrected chi connectivity index (χ0v) is 11.5. The topological polar surface area (TPSA) is 52.0 Å². The van der Waals surface area contributed by atoms with E-state index in [1.165, 1.54) is 6.07 Å². The van der Waals surface area contributed by atoms with Gasteiger partial charge in [-0.15, -0.1) is 10.2 Å². The highest BCUT2D eigenvalue weighted by Gasteiger charge is 2.24. The van der Waals surface area contributed by atoms with Crippen LogP contribution in [-0.2, 0) is 13.5 Å². The Bertz CT molecular complexity index is 613. The average Bonchev–Trinajstić information content (AvgIpc) is 3.01. The molecule has 1 aromatic heterocycles. The van der Waals surface area contributed by atoms with Crippen molar-refractivity contribution in [1.82, 2.24) is 20.1 Å². The Kier molecular flexibility index (Phi) is 3.40. The highest BCUT2D eigenvalue weighted by Crippen LogP contribution is 2.29. The number of nitrogens with one attached hydrogen (secondary N) is 1. The molecule has 0 bridgehead atoms. The predicted octanol–water partition coefficient (Wildman–Crippen LogP) is 1.61. The fourth-order valence-electron chi connectivity index (χ4n) is 2.49. The van der Waals surface area contributed by atoms with E-state index in [0.29, 0.717) is 6.54 Å². The van der Waals surface area contributed by atoms with Crippen LogP contribution in [0, 0.1) is 5.82 Å². The monoisotopic (exact) mass is 276 g/mol. The van der Waals surface area contributed by atoms with Crippen molar-refractivity contribution < 1.29 is 9.13 Å². The summed E-state index contributed by atoms with van der Waals surface area (Å²) in [5.41, 5.74) is 0.933. The van der Waals surface area contributed by atoms with Crippen molar-refractivity contribution in [3.8, 4) is 5.75 Å². The second kappa shape index (κ2) is 5.20. The normalized spacial score (nSPS) is 18.6. The number of hydrogen-bond donors (Lipinski definition) is 1. The van der Waals surface area contributed by atoms with Crippen molar-refractivity contribution >= 4 is 0 Å². The van der Waals surface area contributed by atoms with Gasteiger partial charge < -0.3 is 14.6 Å². The molecule has 0 radical (unpaired) electrons. The minimum atomic E-state index is -0.214. The van der Waals surface area contributed by atoms with Gasteiger partial charge in [0.1, 0.15) is 29.8 Å². The Balaban J connectivity index is 1.57. The summed E-state index contributed by atoms with van der Waals surface area (Å²) in [5, 5.41) is 11.3. The van der Waals surface area contributed by atoms with E-state index in [0.717, 1.165) is 23.6 Å². The number of nitrogens with zero attached hydrogens (tertiary/aromatic N) is 3. The van der Waals surface area contributed by atoms with Crippen LogP contribution in [0.15, 0.2) is 24.5 Å². The molecule has 6 heteroatoms. The van der Waals surface area contributed by atoms with Gasteiger partial charge in [-0.1, -0.05) is 0 Å². The van der Waals surface area contributed by atoms with Crippen molar-refractivity contribution in [1.29, 1.82) is 0 Å². The van der Waals surface area contributed by atoms with E-state index < -0.39 is 0 Å². The Morgan fingerprint density at radius 3 is 3.15 bits per heavy atom. The number of halogens is 1. The van der Waals surface area contributed by atoms with Gasteiger partial charge in [0.05, 0.1) is 6.04 Å². The summed E-state index contributed by atoms with van der Waals surface area (Å²) in [6.45, 7) is 2.72. The van der Waals surface area contributed by atoms with Crippen molar-refractivity contribution in [2.45, 2.75) is 25.5 Å². The van der Waals surface area contributed by atoms with Gasteiger partial charge in [0, 0.05) is 25.6 Å². The molecule has 1 aliphatic rings. The molecule has 0 aliphatic carbocycles. The molecule has 106 valence electrons. The fourth-order valence-corrected chi connectivity index (χ4v) is 2.49. The molecule has 2 atom stereocenters. The molecule has 0 amide bonds. The van der Waals surface area contributed by atoms with Crippen molar-refractivity contribution in [2.75, 3.05) is 6.54 Å². The largest absolute Gasteiger partial charge is 0.488 e. The van der Waals surface area contributed by atoms with Gasteiger partial charge in [-0.25, -0.2) is 4.39 Å². The SMILES string of the molecule is CC(NCC1Cc2cc(F)ccc2O1)c1nncn1C. The first kappa shape index (κ1) is 13.1. The molecule has 2 heterocycles. The van der Waals surface area contributed by atoms with Gasteiger partial charge in [0.25, 0.3) is 0 Å². The molecule has 2 unspecified atom stereocenters. The Morgan fingerprint density at radius 1 is 1.55 bits per heavy atom. The number of rotatable bonds is 4. The maximum absolute atomic E-state index is 13.1. The molecule has 3 rings (SSSR count). The van der Waals surface area contributed by atoms with Gasteiger partial charge in [-0.05, 0) is 25.1 Å². The molecule has 1 aromatic carbocycles. The van der Waals surface area contributed by atoms with Gasteiger partial charge in [-0.3, -0.25) is 0 Å². The molecule has 20 heavy (non-hydrogen) atoms. The number of hydrogen-bond acceptors (Lipinski definition) is 4.